The van der Waals surface area contributed by atoms with Crippen LogP contribution in [0.3, 0.4) is 0 Å². The molecule has 0 radical (unpaired) electrons. The maximum Gasteiger partial charge on any atom is 0.236 e. The van der Waals surface area contributed by atoms with E-state index in [2.05, 4.69) is 26.6 Å². The van der Waals surface area contributed by atoms with Crippen molar-refractivity contribution >= 4 is 11.8 Å². The van der Waals surface area contributed by atoms with Crippen LogP contribution in [0.2, 0.25) is 0 Å². The summed E-state index contributed by atoms with van der Waals surface area (Å²) in [5.41, 5.74) is 1.14. The number of carbonyl (C=O) groups excluding carboxylic acids is 2. The van der Waals surface area contributed by atoms with E-state index in [9.17, 15) is 9.59 Å². The van der Waals surface area contributed by atoms with Crippen LogP contribution in [0.1, 0.15) is 31.4 Å². The van der Waals surface area contributed by atoms with Gasteiger partial charge in [-0.3, -0.25) is 19.5 Å². The second kappa shape index (κ2) is 8.40. The third kappa shape index (κ3) is 4.76. The van der Waals surface area contributed by atoms with E-state index in [4.69, 9.17) is 0 Å². The highest BCUT2D eigenvalue weighted by molar-refractivity contribution is 5.79. The van der Waals surface area contributed by atoms with Crippen molar-refractivity contribution in [3.8, 4) is 0 Å². The minimum atomic E-state index is -0.0296. The van der Waals surface area contributed by atoms with Crippen LogP contribution in [-0.2, 0) is 9.59 Å². The summed E-state index contributed by atoms with van der Waals surface area (Å²) in [5.74, 6) is 0.115. The quantitative estimate of drug-likeness (QED) is 0.813. The summed E-state index contributed by atoms with van der Waals surface area (Å²) in [6.07, 6.45) is 5.52. The fourth-order valence-electron chi connectivity index (χ4n) is 3.72. The van der Waals surface area contributed by atoms with Crippen LogP contribution in [0.15, 0.2) is 24.5 Å². The van der Waals surface area contributed by atoms with Gasteiger partial charge >= 0.3 is 0 Å². The lowest BCUT2D eigenvalue weighted by Gasteiger charge is -2.38. The first-order valence-corrected chi connectivity index (χ1v) is 9.03. The maximum absolute atomic E-state index is 12.8. The zero-order chi connectivity index (χ0) is 17.6. The smallest absolute Gasteiger partial charge is 0.236 e. The Balaban J connectivity index is 1.61. The summed E-state index contributed by atoms with van der Waals surface area (Å²) in [7, 11) is 0. The molecule has 2 N–H and O–H groups in total. The van der Waals surface area contributed by atoms with Crippen LogP contribution in [0.4, 0.5) is 0 Å². The summed E-state index contributed by atoms with van der Waals surface area (Å²) in [6.45, 7) is 5.88. The fraction of sp³-hybridized carbons (Fsp3) is 0.611. The monoisotopic (exact) mass is 345 g/mol. The SMILES string of the molecule is CC(=O)NC1CCCN(C(=O)CN2CCNCC2c2cccnc2)C1. The predicted octanol–water partition coefficient (Wildman–Crippen LogP) is 0.155. The van der Waals surface area contributed by atoms with E-state index >= 15 is 0 Å². The number of nitrogens with zero attached hydrogens (tertiary/aromatic N) is 3. The second-order valence-electron chi connectivity index (χ2n) is 6.86. The van der Waals surface area contributed by atoms with Crippen LogP contribution in [0.5, 0.6) is 0 Å². The molecule has 0 bridgehead atoms. The Hall–Kier alpha value is -1.99. The number of pyridine rings is 1. The molecular formula is C18H27N5O2. The Kier molecular flexibility index (Phi) is 5.99. The average molecular weight is 345 g/mol. The first-order chi connectivity index (χ1) is 12.1. The summed E-state index contributed by atoms with van der Waals surface area (Å²) in [5, 5.41) is 6.34. The van der Waals surface area contributed by atoms with Gasteiger partial charge in [-0.15, -0.1) is 0 Å². The van der Waals surface area contributed by atoms with Crippen molar-refractivity contribution in [1.29, 1.82) is 0 Å². The Morgan fingerprint density at radius 3 is 3.04 bits per heavy atom. The number of nitrogens with one attached hydrogen (secondary N) is 2. The molecule has 2 fully saturated rings. The molecule has 3 heterocycles. The number of aromatic nitrogens is 1. The van der Waals surface area contributed by atoms with Gasteiger partial charge in [-0.2, -0.15) is 0 Å². The van der Waals surface area contributed by atoms with Crippen molar-refractivity contribution in [2.24, 2.45) is 0 Å². The van der Waals surface area contributed by atoms with Crippen molar-refractivity contribution in [3.63, 3.8) is 0 Å². The molecule has 2 amide bonds. The number of piperidine rings is 1. The minimum absolute atomic E-state index is 0.0296. The zero-order valence-electron chi connectivity index (χ0n) is 14.8. The lowest BCUT2D eigenvalue weighted by atomic mass is 10.0. The van der Waals surface area contributed by atoms with Crippen molar-refractivity contribution < 1.29 is 9.59 Å². The summed E-state index contributed by atoms with van der Waals surface area (Å²) < 4.78 is 0. The van der Waals surface area contributed by atoms with Gasteiger partial charge in [0.25, 0.3) is 0 Å². The number of piperazine rings is 1. The molecular weight excluding hydrogens is 318 g/mol. The molecule has 1 aromatic heterocycles. The maximum atomic E-state index is 12.8. The van der Waals surface area contributed by atoms with Gasteiger partial charge in [-0.25, -0.2) is 0 Å². The molecule has 0 aliphatic carbocycles. The minimum Gasteiger partial charge on any atom is -0.352 e. The molecule has 2 unspecified atom stereocenters. The lowest BCUT2D eigenvalue weighted by Crippen LogP contribution is -2.54. The number of hydrogen-bond acceptors (Lipinski definition) is 5. The van der Waals surface area contributed by atoms with Crippen molar-refractivity contribution in [3.05, 3.63) is 30.1 Å². The topological polar surface area (TPSA) is 77.6 Å². The molecule has 3 rings (SSSR count). The fourth-order valence-corrected chi connectivity index (χ4v) is 3.72. The Bertz CT molecular complexity index is 594. The molecule has 2 atom stereocenters. The molecule has 25 heavy (non-hydrogen) atoms. The van der Waals surface area contributed by atoms with E-state index in [1.165, 1.54) is 6.92 Å². The Labute approximate surface area is 148 Å². The van der Waals surface area contributed by atoms with E-state index in [-0.39, 0.29) is 23.9 Å². The van der Waals surface area contributed by atoms with E-state index in [1.807, 2.05) is 17.2 Å². The molecule has 0 spiro atoms. The molecule has 7 nitrogen and oxygen atoms in total. The van der Waals surface area contributed by atoms with Crippen molar-refractivity contribution in [2.75, 3.05) is 39.3 Å². The van der Waals surface area contributed by atoms with Crippen LogP contribution in [0, 0.1) is 0 Å². The van der Waals surface area contributed by atoms with E-state index in [0.29, 0.717) is 13.1 Å². The zero-order valence-corrected chi connectivity index (χ0v) is 14.8. The number of hydrogen-bond donors (Lipinski definition) is 2. The van der Waals surface area contributed by atoms with Crippen molar-refractivity contribution in [1.82, 2.24) is 25.4 Å². The van der Waals surface area contributed by atoms with Crippen molar-refractivity contribution in [2.45, 2.75) is 31.8 Å². The van der Waals surface area contributed by atoms with Crippen LogP contribution in [0.25, 0.3) is 0 Å². The number of rotatable bonds is 4. The molecule has 2 saturated heterocycles. The average Bonchev–Trinajstić information content (AvgIpc) is 2.62. The van der Waals surface area contributed by atoms with Gasteiger partial charge < -0.3 is 15.5 Å². The van der Waals surface area contributed by atoms with E-state index < -0.39 is 0 Å². The molecule has 136 valence electrons. The second-order valence-corrected chi connectivity index (χ2v) is 6.86. The largest absolute Gasteiger partial charge is 0.352 e. The lowest BCUT2D eigenvalue weighted by molar-refractivity contribution is -0.135. The van der Waals surface area contributed by atoms with Crippen LogP contribution in [-0.4, -0.2) is 71.9 Å². The molecule has 2 aliphatic rings. The van der Waals surface area contributed by atoms with E-state index in [1.54, 1.807) is 6.20 Å². The van der Waals surface area contributed by atoms with Gasteiger partial charge in [0.1, 0.15) is 0 Å². The molecule has 1 aromatic rings. The summed E-state index contributed by atoms with van der Waals surface area (Å²) >= 11 is 0. The van der Waals surface area contributed by atoms with Gasteiger partial charge in [0.05, 0.1) is 6.54 Å². The first kappa shape index (κ1) is 17.8. The molecule has 7 heteroatoms. The molecule has 0 saturated carbocycles. The first-order valence-electron chi connectivity index (χ1n) is 9.03. The third-order valence-electron chi connectivity index (χ3n) is 4.94. The van der Waals surface area contributed by atoms with Gasteiger partial charge in [-0.1, -0.05) is 6.07 Å². The number of amides is 2. The van der Waals surface area contributed by atoms with E-state index in [0.717, 1.165) is 44.6 Å². The van der Waals surface area contributed by atoms with Gasteiger partial charge in [0.2, 0.25) is 11.8 Å². The highest BCUT2D eigenvalue weighted by Gasteiger charge is 2.29. The predicted molar refractivity (Wildman–Crippen MR) is 94.8 cm³/mol. The third-order valence-corrected chi connectivity index (χ3v) is 4.94. The Morgan fingerprint density at radius 1 is 1.40 bits per heavy atom. The standard InChI is InChI=1S/C18H27N5O2/c1-14(24)21-16-5-3-8-23(12-16)18(25)13-22-9-7-20-11-17(22)15-4-2-6-19-10-15/h2,4,6,10,16-17,20H,3,5,7-9,11-13H2,1H3,(H,21,24). The van der Waals surface area contributed by atoms with Crippen LogP contribution >= 0.6 is 0 Å². The van der Waals surface area contributed by atoms with Gasteiger partial charge in [0.15, 0.2) is 0 Å². The van der Waals surface area contributed by atoms with Gasteiger partial charge in [0, 0.05) is 64.1 Å². The highest BCUT2D eigenvalue weighted by atomic mass is 16.2. The van der Waals surface area contributed by atoms with Crippen LogP contribution < -0.4 is 10.6 Å². The van der Waals surface area contributed by atoms with Gasteiger partial charge in [-0.05, 0) is 24.5 Å². The number of carbonyl (C=O) groups is 2. The number of likely N-dealkylation sites (tertiary alicyclic amines) is 1. The Morgan fingerprint density at radius 2 is 2.28 bits per heavy atom. The molecule has 2 aliphatic heterocycles. The summed E-state index contributed by atoms with van der Waals surface area (Å²) in [4.78, 5) is 32.4. The highest BCUT2D eigenvalue weighted by Crippen LogP contribution is 2.21. The summed E-state index contributed by atoms with van der Waals surface area (Å²) in [6, 6.07) is 4.25. The molecule has 0 aromatic carbocycles. The normalized spacial score (nSPS) is 24.8.